The molecular weight excluding hydrogens is 300 g/mol. The molecule has 1 aliphatic rings. The summed E-state index contributed by atoms with van der Waals surface area (Å²) in [6.45, 7) is 1.87. The van der Waals surface area contributed by atoms with Crippen LogP contribution in [0.4, 0.5) is 0 Å². The number of hydrogen-bond donors (Lipinski definition) is 0. The van der Waals surface area contributed by atoms with Gasteiger partial charge < -0.3 is 0 Å². The molecule has 2 aromatic rings. The van der Waals surface area contributed by atoms with Gasteiger partial charge in [0.15, 0.2) is 5.54 Å². The highest BCUT2D eigenvalue weighted by Crippen LogP contribution is 2.32. The first-order chi connectivity index (χ1) is 11.3. The molecule has 3 heteroatoms. The molecule has 0 radical (unpaired) electrons. The molecule has 3 rings (SSSR count). The van der Waals surface area contributed by atoms with E-state index in [1.165, 1.54) is 0 Å². The van der Waals surface area contributed by atoms with Gasteiger partial charge in [-0.3, -0.25) is 4.90 Å². The van der Waals surface area contributed by atoms with Crippen molar-refractivity contribution in [2.75, 3.05) is 24.6 Å². The number of rotatable bonds is 4. The van der Waals surface area contributed by atoms with Crippen LogP contribution in [0.1, 0.15) is 11.1 Å². The third-order valence-electron chi connectivity index (χ3n) is 4.21. The van der Waals surface area contributed by atoms with Crippen LogP contribution in [-0.4, -0.2) is 29.5 Å². The summed E-state index contributed by atoms with van der Waals surface area (Å²) >= 11 is 1.96. The van der Waals surface area contributed by atoms with Crippen molar-refractivity contribution in [3.63, 3.8) is 0 Å². The van der Waals surface area contributed by atoms with Crippen molar-refractivity contribution in [1.82, 2.24) is 4.90 Å². The second kappa shape index (κ2) is 7.50. The molecule has 0 spiro atoms. The van der Waals surface area contributed by atoms with Gasteiger partial charge >= 0.3 is 0 Å². The Hall–Kier alpha value is -2.02. The van der Waals surface area contributed by atoms with Crippen molar-refractivity contribution in [3.8, 4) is 6.07 Å². The maximum Gasteiger partial charge on any atom is 0.153 e. The van der Waals surface area contributed by atoms with Crippen LogP contribution >= 0.6 is 11.8 Å². The Morgan fingerprint density at radius 2 is 1.57 bits per heavy atom. The molecule has 0 bridgehead atoms. The zero-order valence-corrected chi connectivity index (χ0v) is 13.9. The van der Waals surface area contributed by atoms with Gasteiger partial charge in [0.25, 0.3) is 0 Å². The van der Waals surface area contributed by atoms with Gasteiger partial charge in [0.1, 0.15) is 0 Å². The fourth-order valence-electron chi connectivity index (χ4n) is 2.95. The molecule has 1 atom stereocenters. The summed E-state index contributed by atoms with van der Waals surface area (Å²) in [5.41, 5.74) is 1.47. The van der Waals surface area contributed by atoms with E-state index in [0.717, 1.165) is 35.7 Å². The minimum Gasteiger partial charge on any atom is -0.277 e. The first-order valence-electron chi connectivity index (χ1n) is 7.89. The number of thioether (sulfide) groups is 1. The molecular formula is C20H20N2S. The van der Waals surface area contributed by atoms with Gasteiger partial charge in [0.2, 0.25) is 0 Å². The predicted molar refractivity (Wildman–Crippen MR) is 98.1 cm³/mol. The van der Waals surface area contributed by atoms with Gasteiger partial charge in [-0.05, 0) is 17.2 Å². The molecule has 2 aromatic carbocycles. The zero-order chi connectivity index (χ0) is 16.0. The molecule has 0 saturated carbocycles. The van der Waals surface area contributed by atoms with E-state index >= 15 is 0 Å². The summed E-state index contributed by atoms with van der Waals surface area (Å²) in [4.78, 5) is 2.30. The van der Waals surface area contributed by atoms with Crippen LogP contribution in [0.5, 0.6) is 0 Å². The fraction of sp³-hybridized carbons (Fsp3) is 0.250. The van der Waals surface area contributed by atoms with Crippen molar-refractivity contribution in [3.05, 3.63) is 77.9 Å². The van der Waals surface area contributed by atoms with E-state index in [2.05, 4.69) is 47.4 Å². The first-order valence-corrected chi connectivity index (χ1v) is 9.04. The third-order valence-corrected chi connectivity index (χ3v) is 5.15. The topological polar surface area (TPSA) is 27.0 Å². The molecule has 1 saturated heterocycles. The third kappa shape index (κ3) is 3.50. The Balaban J connectivity index is 2.02. The van der Waals surface area contributed by atoms with Crippen LogP contribution < -0.4 is 0 Å². The Labute approximate surface area is 142 Å². The zero-order valence-electron chi connectivity index (χ0n) is 13.1. The lowest BCUT2D eigenvalue weighted by Crippen LogP contribution is -2.48. The van der Waals surface area contributed by atoms with Gasteiger partial charge in [0.05, 0.1) is 6.07 Å². The maximum absolute atomic E-state index is 10.1. The predicted octanol–water partition coefficient (Wildman–Crippen LogP) is 4.17. The van der Waals surface area contributed by atoms with Crippen LogP contribution in [0.3, 0.4) is 0 Å². The Morgan fingerprint density at radius 1 is 0.957 bits per heavy atom. The van der Waals surface area contributed by atoms with Crippen molar-refractivity contribution in [2.24, 2.45) is 0 Å². The summed E-state index contributed by atoms with van der Waals surface area (Å²) < 4.78 is 0. The Bertz CT molecular complexity index is 685. The lowest BCUT2D eigenvalue weighted by Gasteiger charge is -2.39. The van der Waals surface area contributed by atoms with Gasteiger partial charge in [-0.15, -0.1) is 0 Å². The maximum atomic E-state index is 10.1. The highest BCUT2D eigenvalue weighted by atomic mass is 32.2. The normalized spacial score (nSPS) is 18.4. The summed E-state index contributed by atoms with van der Waals surface area (Å²) in [6.07, 6.45) is 4.13. The van der Waals surface area contributed by atoms with E-state index < -0.39 is 5.54 Å². The van der Waals surface area contributed by atoms with Gasteiger partial charge in [-0.1, -0.05) is 66.7 Å². The van der Waals surface area contributed by atoms with Gasteiger partial charge in [0, 0.05) is 24.6 Å². The molecule has 1 aliphatic heterocycles. The molecule has 0 aromatic heterocycles. The summed E-state index contributed by atoms with van der Waals surface area (Å²) in [5, 5.41) is 10.1. The van der Waals surface area contributed by atoms with Crippen LogP contribution in [0, 0.1) is 11.3 Å². The Kier molecular flexibility index (Phi) is 5.17. The lowest BCUT2D eigenvalue weighted by atomic mass is 9.88. The summed E-state index contributed by atoms with van der Waals surface area (Å²) in [7, 11) is 0. The quantitative estimate of drug-likeness (QED) is 0.846. The highest BCUT2D eigenvalue weighted by molar-refractivity contribution is 7.99. The molecule has 1 unspecified atom stereocenters. The second-order valence-electron chi connectivity index (χ2n) is 5.59. The van der Waals surface area contributed by atoms with E-state index in [0.29, 0.717) is 0 Å². The monoisotopic (exact) mass is 320 g/mol. The minimum absolute atomic E-state index is 0.696. The van der Waals surface area contributed by atoms with Crippen molar-refractivity contribution < 1.29 is 0 Å². The molecule has 0 amide bonds. The molecule has 0 aliphatic carbocycles. The molecule has 0 N–H and O–H groups in total. The average Bonchev–Trinajstić information content (AvgIpc) is 2.65. The minimum atomic E-state index is -0.696. The Morgan fingerprint density at radius 3 is 2.17 bits per heavy atom. The second-order valence-corrected chi connectivity index (χ2v) is 6.81. The van der Waals surface area contributed by atoms with E-state index in [9.17, 15) is 5.26 Å². The van der Waals surface area contributed by atoms with Crippen LogP contribution in [0.2, 0.25) is 0 Å². The van der Waals surface area contributed by atoms with Crippen molar-refractivity contribution >= 4 is 17.8 Å². The first kappa shape index (κ1) is 15.9. The van der Waals surface area contributed by atoms with Crippen LogP contribution in [0.25, 0.3) is 6.08 Å². The van der Waals surface area contributed by atoms with Gasteiger partial charge in [-0.25, -0.2) is 0 Å². The highest BCUT2D eigenvalue weighted by Gasteiger charge is 2.37. The standard InChI is InChI=1S/C20H20N2S/c21-17-20(19-9-5-2-6-10-19,22-13-15-23-16-14-22)12-11-18-7-3-1-4-8-18/h1-12H,13-16H2/b12-11+. The van der Waals surface area contributed by atoms with E-state index in [4.69, 9.17) is 0 Å². The van der Waals surface area contributed by atoms with Gasteiger partial charge in [-0.2, -0.15) is 17.0 Å². The molecule has 23 heavy (non-hydrogen) atoms. The number of hydrogen-bond acceptors (Lipinski definition) is 3. The largest absolute Gasteiger partial charge is 0.277 e. The number of nitriles is 1. The fourth-order valence-corrected chi connectivity index (χ4v) is 3.85. The van der Waals surface area contributed by atoms with Crippen LogP contribution in [-0.2, 0) is 5.54 Å². The van der Waals surface area contributed by atoms with E-state index in [-0.39, 0.29) is 0 Å². The molecule has 2 nitrogen and oxygen atoms in total. The number of nitrogens with zero attached hydrogens (tertiary/aromatic N) is 2. The molecule has 1 fully saturated rings. The lowest BCUT2D eigenvalue weighted by molar-refractivity contribution is 0.197. The van der Waals surface area contributed by atoms with E-state index in [1.54, 1.807) is 0 Å². The van der Waals surface area contributed by atoms with Crippen molar-refractivity contribution in [2.45, 2.75) is 5.54 Å². The molecule has 1 heterocycles. The summed E-state index contributed by atoms with van der Waals surface area (Å²) in [5.74, 6) is 2.16. The number of benzene rings is 2. The van der Waals surface area contributed by atoms with Crippen LogP contribution in [0.15, 0.2) is 66.7 Å². The van der Waals surface area contributed by atoms with E-state index in [1.807, 2.05) is 48.2 Å². The summed E-state index contributed by atoms with van der Waals surface area (Å²) in [6, 6.07) is 22.9. The average molecular weight is 320 g/mol. The SMILES string of the molecule is N#CC(/C=C/c1ccccc1)(c1ccccc1)N1CCSCC1. The van der Waals surface area contributed by atoms with Crippen molar-refractivity contribution in [1.29, 1.82) is 5.26 Å². The smallest absolute Gasteiger partial charge is 0.153 e. The molecule has 116 valence electrons.